The van der Waals surface area contributed by atoms with Crippen LogP contribution in [-0.4, -0.2) is 44.2 Å². The van der Waals surface area contributed by atoms with Crippen LogP contribution in [0.25, 0.3) is 0 Å². The molecular formula is C16H29NO3S. The number of sulfone groups is 1. The first-order valence-electron chi connectivity index (χ1n) is 8.41. The van der Waals surface area contributed by atoms with Gasteiger partial charge in [0, 0.05) is 30.9 Å². The van der Waals surface area contributed by atoms with Gasteiger partial charge in [-0.05, 0) is 43.9 Å². The lowest BCUT2D eigenvalue weighted by atomic mass is 9.45. The van der Waals surface area contributed by atoms with Gasteiger partial charge in [0.15, 0.2) is 9.84 Å². The molecule has 0 aromatic carbocycles. The summed E-state index contributed by atoms with van der Waals surface area (Å²) < 4.78 is 23.9. The van der Waals surface area contributed by atoms with Crippen LogP contribution in [0.2, 0.25) is 0 Å². The number of nitrogens with one attached hydrogen (secondary N) is 1. The normalized spacial score (nSPS) is 34.2. The summed E-state index contributed by atoms with van der Waals surface area (Å²) in [5.74, 6) is 0. The molecule has 0 aromatic rings. The topological polar surface area (TPSA) is 66.4 Å². The molecule has 5 heteroatoms. The van der Waals surface area contributed by atoms with Crippen LogP contribution in [0.4, 0.5) is 0 Å². The molecule has 0 saturated heterocycles. The van der Waals surface area contributed by atoms with E-state index >= 15 is 0 Å². The van der Waals surface area contributed by atoms with Gasteiger partial charge in [0.05, 0.1) is 5.25 Å². The Labute approximate surface area is 128 Å². The first-order valence-corrected chi connectivity index (χ1v) is 10.4. The smallest absolute Gasteiger partial charge is 0.151 e. The molecule has 2 unspecified atom stereocenters. The van der Waals surface area contributed by atoms with E-state index < -0.39 is 9.84 Å². The Hall–Kier alpha value is -0.130. The highest BCUT2D eigenvalue weighted by Gasteiger charge is 2.56. The number of hydrogen-bond donors (Lipinski definition) is 2. The van der Waals surface area contributed by atoms with Gasteiger partial charge in [-0.2, -0.15) is 0 Å². The minimum absolute atomic E-state index is 0.0138. The highest BCUT2D eigenvalue weighted by Crippen LogP contribution is 2.64. The van der Waals surface area contributed by atoms with Crippen molar-refractivity contribution in [2.75, 3.05) is 19.4 Å². The molecule has 3 fully saturated rings. The van der Waals surface area contributed by atoms with Crippen molar-refractivity contribution in [3.63, 3.8) is 0 Å². The molecule has 1 spiro atoms. The molecule has 0 bridgehead atoms. The van der Waals surface area contributed by atoms with E-state index in [1.165, 1.54) is 25.5 Å². The Bertz CT molecular complexity index is 476. The van der Waals surface area contributed by atoms with E-state index in [9.17, 15) is 13.5 Å². The minimum Gasteiger partial charge on any atom is -0.396 e. The highest BCUT2D eigenvalue weighted by atomic mass is 32.2. The van der Waals surface area contributed by atoms with Crippen molar-refractivity contribution in [2.45, 2.75) is 69.1 Å². The molecule has 4 nitrogen and oxygen atoms in total. The molecule has 0 amide bonds. The summed E-state index contributed by atoms with van der Waals surface area (Å²) in [4.78, 5) is 0. The van der Waals surface area contributed by atoms with Gasteiger partial charge in [0.2, 0.25) is 0 Å². The van der Waals surface area contributed by atoms with Crippen LogP contribution in [0.1, 0.15) is 57.8 Å². The van der Waals surface area contributed by atoms with E-state index in [0.717, 1.165) is 45.1 Å². The van der Waals surface area contributed by atoms with Crippen LogP contribution in [-0.2, 0) is 9.84 Å². The Kier molecular flexibility index (Phi) is 4.13. The highest BCUT2D eigenvalue weighted by molar-refractivity contribution is 7.91. The maximum absolute atomic E-state index is 11.9. The average molecular weight is 315 g/mol. The van der Waals surface area contributed by atoms with E-state index in [0.29, 0.717) is 5.41 Å². The van der Waals surface area contributed by atoms with Crippen LogP contribution >= 0.6 is 0 Å². The number of rotatable bonds is 5. The quantitative estimate of drug-likeness (QED) is 0.813. The van der Waals surface area contributed by atoms with E-state index in [2.05, 4.69) is 5.32 Å². The maximum atomic E-state index is 11.9. The molecule has 122 valence electrons. The van der Waals surface area contributed by atoms with Gasteiger partial charge in [-0.15, -0.1) is 0 Å². The molecule has 3 aliphatic rings. The largest absolute Gasteiger partial charge is 0.396 e. The summed E-state index contributed by atoms with van der Waals surface area (Å²) in [6, 6.07) is 0.0788. The predicted octanol–water partition coefficient (Wildman–Crippen LogP) is 1.87. The standard InChI is InChI=1S/C16H29NO3S/c1-21(19,20)14-6-3-2-5-13(14)17-11-16(12-18)9-15(10-16)7-4-8-15/h13-14,17-18H,2-12H2,1H3. The van der Waals surface area contributed by atoms with Gasteiger partial charge < -0.3 is 10.4 Å². The SMILES string of the molecule is CS(=O)(=O)C1CCCCC1NCC1(CO)CC2(CCC2)C1. The summed E-state index contributed by atoms with van der Waals surface area (Å²) in [5.41, 5.74) is 0.549. The monoisotopic (exact) mass is 315 g/mol. The molecule has 3 saturated carbocycles. The first kappa shape index (κ1) is 15.8. The fourth-order valence-electron chi connectivity index (χ4n) is 5.05. The predicted molar refractivity (Wildman–Crippen MR) is 83.9 cm³/mol. The van der Waals surface area contributed by atoms with E-state index in [4.69, 9.17) is 0 Å². The molecule has 0 aliphatic heterocycles. The Morgan fingerprint density at radius 3 is 2.33 bits per heavy atom. The van der Waals surface area contributed by atoms with E-state index in [1.807, 2.05) is 0 Å². The van der Waals surface area contributed by atoms with Crippen molar-refractivity contribution in [2.24, 2.45) is 10.8 Å². The molecular weight excluding hydrogens is 286 g/mol. The molecule has 2 N–H and O–H groups in total. The van der Waals surface area contributed by atoms with E-state index in [1.54, 1.807) is 0 Å². The molecule has 0 aromatic heterocycles. The third kappa shape index (κ3) is 3.02. The number of aliphatic hydroxyl groups is 1. The third-order valence-corrected chi connectivity index (χ3v) is 7.91. The lowest BCUT2D eigenvalue weighted by Crippen LogP contribution is -2.58. The van der Waals surface area contributed by atoms with Gasteiger partial charge in [-0.3, -0.25) is 0 Å². The van der Waals surface area contributed by atoms with Crippen LogP contribution in [0.15, 0.2) is 0 Å². The number of hydrogen-bond acceptors (Lipinski definition) is 4. The summed E-state index contributed by atoms with van der Waals surface area (Å²) in [6.07, 6.45) is 11.5. The fourth-order valence-corrected chi connectivity index (χ4v) is 6.48. The van der Waals surface area contributed by atoms with Gasteiger partial charge in [0.25, 0.3) is 0 Å². The third-order valence-electron chi connectivity index (χ3n) is 6.24. The fraction of sp³-hybridized carbons (Fsp3) is 1.00. The average Bonchev–Trinajstić information content (AvgIpc) is 2.35. The van der Waals surface area contributed by atoms with Crippen molar-refractivity contribution < 1.29 is 13.5 Å². The summed E-state index contributed by atoms with van der Waals surface area (Å²) in [7, 11) is -2.98. The second kappa shape index (κ2) is 5.50. The zero-order valence-corrected chi connectivity index (χ0v) is 13.9. The molecule has 3 aliphatic carbocycles. The van der Waals surface area contributed by atoms with Crippen LogP contribution < -0.4 is 5.32 Å². The first-order chi connectivity index (χ1) is 9.88. The van der Waals surface area contributed by atoms with Gasteiger partial charge in [-0.25, -0.2) is 8.42 Å². The van der Waals surface area contributed by atoms with Crippen LogP contribution in [0.5, 0.6) is 0 Å². The second-order valence-corrected chi connectivity index (χ2v) is 10.3. The van der Waals surface area contributed by atoms with Gasteiger partial charge in [0.1, 0.15) is 0 Å². The molecule has 21 heavy (non-hydrogen) atoms. The molecule has 3 rings (SSSR count). The zero-order valence-electron chi connectivity index (χ0n) is 13.1. The Balaban J connectivity index is 1.58. The van der Waals surface area contributed by atoms with Gasteiger partial charge >= 0.3 is 0 Å². The second-order valence-electron chi connectivity index (χ2n) is 8.01. The Morgan fingerprint density at radius 2 is 1.81 bits per heavy atom. The summed E-state index contributed by atoms with van der Waals surface area (Å²) in [6.45, 7) is 1.01. The summed E-state index contributed by atoms with van der Waals surface area (Å²) in [5, 5.41) is 13.1. The minimum atomic E-state index is -2.98. The summed E-state index contributed by atoms with van der Waals surface area (Å²) >= 11 is 0. The zero-order chi connectivity index (χ0) is 15.1. The Morgan fingerprint density at radius 1 is 1.14 bits per heavy atom. The maximum Gasteiger partial charge on any atom is 0.151 e. The lowest BCUT2D eigenvalue weighted by Gasteiger charge is -2.61. The molecule has 0 radical (unpaired) electrons. The van der Waals surface area contributed by atoms with Crippen molar-refractivity contribution in [3.05, 3.63) is 0 Å². The van der Waals surface area contributed by atoms with E-state index in [-0.39, 0.29) is 23.3 Å². The van der Waals surface area contributed by atoms with Crippen LogP contribution in [0, 0.1) is 10.8 Å². The molecule has 2 atom stereocenters. The van der Waals surface area contributed by atoms with Crippen LogP contribution in [0.3, 0.4) is 0 Å². The van der Waals surface area contributed by atoms with Crippen molar-refractivity contribution in [3.8, 4) is 0 Å². The van der Waals surface area contributed by atoms with Crippen molar-refractivity contribution in [1.82, 2.24) is 5.32 Å². The van der Waals surface area contributed by atoms with Crippen molar-refractivity contribution >= 4 is 9.84 Å². The van der Waals surface area contributed by atoms with Gasteiger partial charge in [-0.1, -0.05) is 19.3 Å². The lowest BCUT2D eigenvalue weighted by molar-refractivity contribution is -0.120. The molecule has 0 heterocycles. The number of aliphatic hydroxyl groups excluding tert-OH is 1. The van der Waals surface area contributed by atoms with Crippen molar-refractivity contribution in [1.29, 1.82) is 0 Å².